The summed E-state index contributed by atoms with van der Waals surface area (Å²) in [6.45, 7) is 10.0. The average Bonchev–Trinajstić information content (AvgIpc) is 3.10. The average molecular weight is 360 g/mol. The molecule has 2 heterocycles. The van der Waals surface area contributed by atoms with Gasteiger partial charge in [-0.05, 0) is 32.6 Å². The second-order valence-corrected chi connectivity index (χ2v) is 9.33. The SMILES string of the molecule is CN=C(NC[C@H]1CCCN1S(C)(=O)=O)NC1CN(C(C)C)CC1C. The summed E-state index contributed by atoms with van der Waals surface area (Å²) in [4.78, 5) is 6.78. The molecule has 2 aliphatic heterocycles. The number of likely N-dealkylation sites (tertiary alicyclic amines) is 1. The lowest BCUT2D eigenvalue weighted by Crippen LogP contribution is -2.50. The van der Waals surface area contributed by atoms with Crippen molar-refractivity contribution in [3.05, 3.63) is 0 Å². The van der Waals surface area contributed by atoms with Crippen LogP contribution in [0.3, 0.4) is 0 Å². The van der Waals surface area contributed by atoms with E-state index in [-0.39, 0.29) is 6.04 Å². The van der Waals surface area contributed by atoms with E-state index in [0.29, 0.717) is 31.1 Å². The molecule has 2 aliphatic rings. The Morgan fingerprint density at radius 3 is 2.58 bits per heavy atom. The van der Waals surface area contributed by atoms with Crippen molar-refractivity contribution in [3.63, 3.8) is 0 Å². The van der Waals surface area contributed by atoms with E-state index in [1.54, 1.807) is 11.4 Å². The summed E-state index contributed by atoms with van der Waals surface area (Å²) in [5, 5.41) is 6.83. The molecule has 0 aromatic rings. The van der Waals surface area contributed by atoms with Crippen molar-refractivity contribution in [2.24, 2.45) is 10.9 Å². The van der Waals surface area contributed by atoms with Crippen molar-refractivity contribution in [3.8, 4) is 0 Å². The lowest BCUT2D eigenvalue weighted by molar-refractivity contribution is 0.265. The Labute approximate surface area is 146 Å². The van der Waals surface area contributed by atoms with Gasteiger partial charge < -0.3 is 10.6 Å². The Bertz CT molecular complexity index is 549. The standard InChI is InChI=1S/C16H33N5O2S/c1-12(2)20-10-13(3)15(11-20)19-16(17-4)18-9-14-7-6-8-21(14)24(5,22)23/h12-15H,6-11H2,1-5H3,(H2,17,18,19)/t13?,14-,15?/m1/s1. The molecule has 24 heavy (non-hydrogen) atoms. The summed E-state index contributed by atoms with van der Waals surface area (Å²) in [6, 6.07) is 0.941. The van der Waals surface area contributed by atoms with Crippen LogP contribution in [0.2, 0.25) is 0 Å². The molecule has 8 heteroatoms. The third kappa shape index (κ3) is 4.83. The molecule has 0 saturated carbocycles. The van der Waals surface area contributed by atoms with Gasteiger partial charge in [0.2, 0.25) is 10.0 Å². The number of hydrogen-bond donors (Lipinski definition) is 2. The number of aliphatic imine (C=N–C) groups is 1. The smallest absolute Gasteiger partial charge is 0.211 e. The van der Waals surface area contributed by atoms with Crippen LogP contribution in [0.4, 0.5) is 0 Å². The first kappa shape index (κ1) is 19.5. The molecule has 7 nitrogen and oxygen atoms in total. The molecule has 2 N–H and O–H groups in total. The third-order valence-electron chi connectivity index (χ3n) is 5.17. The van der Waals surface area contributed by atoms with E-state index in [1.807, 2.05) is 0 Å². The van der Waals surface area contributed by atoms with E-state index in [9.17, 15) is 8.42 Å². The van der Waals surface area contributed by atoms with Crippen LogP contribution in [-0.4, -0.2) is 81.2 Å². The maximum atomic E-state index is 11.8. The molecule has 2 unspecified atom stereocenters. The van der Waals surface area contributed by atoms with Crippen LogP contribution in [0, 0.1) is 5.92 Å². The van der Waals surface area contributed by atoms with Gasteiger partial charge in [-0.3, -0.25) is 9.89 Å². The first-order valence-electron chi connectivity index (χ1n) is 8.90. The Morgan fingerprint density at radius 2 is 2.04 bits per heavy atom. The van der Waals surface area contributed by atoms with Crippen LogP contribution in [0.5, 0.6) is 0 Å². The second-order valence-electron chi connectivity index (χ2n) is 7.40. The fraction of sp³-hybridized carbons (Fsp3) is 0.938. The van der Waals surface area contributed by atoms with E-state index in [1.165, 1.54) is 6.26 Å². The van der Waals surface area contributed by atoms with E-state index in [4.69, 9.17) is 0 Å². The summed E-state index contributed by atoms with van der Waals surface area (Å²) in [6.07, 6.45) is 3.12. The summed E-state index contributed by atoms with van der Waals surface area (Å²) in [5.74, 6) is 1.32. The maximum Gasteiger partial charge on any atom is 0.211 e. The minimum Gasteiger partial charge on any atom is -0.355 e. The monoisotopic (exact) mass is 359 g/mol. The quantitative estimate of drug-likeness (QED) is 0.546. The zero-order chi connectivity index (χ0) is 17.9. The van der Waals surface area contributed by atoms with E-state index >= 15 is 0 Å². The molecular formula is C16H33N5O2S. The van der Waals surface area contributed by atoms with Crippen LogP contribution < -0.4 is 10.6 Å². The fourth-order valence-electron chi connectivity index (χ4n) is 3.65. The molecule has 2 saturated heterocycles. The van der Waals surface area contributed by atoms with E-state index in [0.717, 1.165) is 31.9 Å². The van der Waals surface area contributed by atoms with Crippen molar-refractivity contribution in [1.29, 1.82) is 0 Å². The van der Waals surface area contributed by atoms with Gasteiger partial charge in [-0.2, -0.15) is 4.31 Å². The molecule has 2 rings (SSSR count). The minimum absolute atomic E-state index is 0.0201. The van der Waals surface area contributed by atoms with Gasteiger partial charge in [0.1, 0.15) is 0 Å². The lowest BCUT2D eigenvalue weighted by atomic mass is 10.1. The first-order valence-corrected chi connectivity index (χ1v) is 10.7. The van der Waals surface area contributed by atoms with Gasteiger partial charge in [0.25, 0.3) is 0 Å². The van der Waals surface area contributed by atoms with Gasteiger partial charge in [-0.25, -0.2) is 8.42 Å². The van der Waals surface area contributed by atoms with Gasteiger partial charge >= 0.3 is 0 Å². The van der Waals surface area contributed by atoms with Crippen LogP contribution in [0.1, 0.15) is 33.6 Å². The van der Waals surface area contributed by atoms with Crippen molar-refractivity contribution < 1.29 is 8.42 Å². The highest BCUT2D eigenvalue weighted by molar-refractivity contribution is 7.88. The predicted octanol–water partition coefficient (Wildman–Crippen LogP) is 0.304. The third-order valence-corrected chi connectivity index (χ3v) is 6.50. The van der Waals surface area contributed by atoms with Crippen molar-refractivity contribution in [2.75, 3.05) is 39.5 Å². The van der Waals surface area contributed by atoms with Crippen LogP contribution in [0.15, 0.2) is 4.99 Å². The normalized spacial score (nSPS) is 30.2. The summed E-state index contributed by atoms with van der Waals surface area (Å²) in [7, 11) is -1.37. The molecule has 0 aromatic heterocycles. The van der Waals surface area contributed by atoms with E-state index in [2.05, 4.69) is 41.3 Å². The molecular weight excluding hydrogens is 326 g/mol. The lowest BCUT2D eigenvalue weighted by Gasteiger charge is -2.25. The summed E-state index contributed by atoms with van der Waals surface area (Å²) in [5.41, 5.74) is 0. The Hall–Kier alpha value is -0.860. The van der Waals surface area contributed by atoms with Crippen LogP contribution in [-0.2, 0) is 10.0 Å². The number of hydrogen-bond acceptors (Lipinski definition) is 4. The van der Waals surface area contributed by atoms with Crippen LogP contribution in [0.25, 0.3) is 0 Å². The largest absolute Gasteiger partial charge is 0.355 e. The molecule has 140 valence electrons. The van der Waals surface area contributed by atoms with Gasteiger partial charge in [-0.15, -0.1) is 0 Å². The molecule has 0 amide bonds. The number of rotatable bonds is 5. The highest BCUT2D eigenvalue weighted by atomic mass is 32.2. The molecule has 0 aliphatic carbocycles. The number of guanidine groups is 1. The molecule has 0 bridgehead atoms. The van der Waals surface area contributed by atoms with E-state index < -0.39 is 10.0 Å². The van der Waals surface area contributed by atoms with Crippen molar-refractivity contribution in [1.82, 2.24) is 19.8 Å². The number of nitrogens with one attached hydrogen (secondary N) is 2. The van der Waals surface area contributed by atoms with Gasteiger partial charge in [-0.1, -0.05) is 6.92 Å². The number of nitrogens with zero attached hydrogens (tertiary/aromatic N) is 3. The van der Waals surface area contributed by atoms with Gasteiger partial charge in [0.05, 0.1) is 6.26 Å². The minimum atomic E-state index is -3.13. The van der Waals surface area contributed by atoms with Crippen molar-refractivity contribution in [2.45, 2.75) is 51.7 Å². The predicted molar refractivity (Wildman–Crippen MR) is 98.7 cm³/mol. The zero-order valence-corrected chi connectivity index (χ0v) is 16.4. The molecule has 0 aromatic carbocycles. The fourth-order valence-corrected chi connectivity index (χ4v) is 4.83. The molecule has 2 fully saturated rings. The Morgan fingerprint density at radius 1 is 1.33 bits per heavy atom. The van der Waals surface area contributed by atoms with Gasteiger partial charge in [0.15, 0.2) is 5.96 Å². The van der Waals surface area contributed by atoms with Gasteiger partial charge in [0, 0.05) is 51.4 Å². The van der Waals surface area contributed by atoms with Crippen LogP contribution >= 0.6 is 0 Å². The zero-order valence-electron chi connectivity index (χ0n) is 15.6. The highest BCUT2D eigenvalue weighted by Crippen LogP contribution is 2.20. The number of sulfonamides is 1. The molecule has 0 radical (unpaired) electrons. The Kier molecular flexibility index (Phi) is 6.50. The van der Waals surface area contributed by atoms with Crippen molar-refractivity contribution >= 4 is 16.0 Å². The molecule has 3 atom stereocenters. The first-order chi connectivity index (χ1) is 11.2. The topological polar surface area (TPSA) is 77.0 Å². The second kappa shape index (κ2) is 8.01. The summed E-state index contributed by atoms with van der Waals surface area (Å²) >= 11 is 0. The Balaban J connectivity index is 1.87. The molecule has 0 spiro atoms. The maximum absolute atomic E-state index is 11.8. The summed E-state index contributed by atoms with van der Waals surface area (Å²) < 4.78 is 25.3. The highest BCUT2D eigenvalue weighted by Gasteiger charge is 2.33.